The van der Waals surface area contributed by atoms with E-state index in [-0.39, 0.29) is 10.8 Å². The Labute approximate surface area is 106 Å². The van der Waals surface area contributed by atoms with Crippen LogP contribution in [-0.2, 0) is 10.0 Å². The van der Waals surface area contributed by atoms with Crippen molar-refractivity contribution in [1.82, 2.24) is 20.2 Å². The van der Waals surface area contributed by atoms with Crippen LogP contribution in [-0.4, -0.2) is 28.6 Å². The van der Waals surface area contributed by atoms with Gasteiger partial charge in [-0.1, -0.05) is 0 Å². The maximum Gasteiger partial charge on any atom is 0.265 e. The molecule has 0 aliphatic carbocycles. The second-order valence-corrected chi connectivity index (χ2v) is 5.51. The van der Waals surface area contributed by atoms with Crippen LogP contribution in [0.3, 0.4) is 0 Å². The van der Waals surface area contributed by atoms with Crippen molar-refractivity contribution in [3.63, 3.8) is 0 Å². The molecule has 88 valence electrons. The van der Waals surface area contributed by atoms with Crippen LogP contribution in [0.1, 0.15) is 0 Å². The first-order valence-corrected chi connectivity index (χ1v) is 6.62. The fraction of sp³-hybridized carbons (Fsp3) is 0. The summed E-state index contributed by atoms with van der Waals surface area (Å²) in [6, 6.07) is 1.42. The van der Waals surface area contributed by atoms with Crippen molar-refractivity contribution in [3.8, 4) is 0 Å². The molecule has 0 aliphatic heterocycles. The fourth-order valence-corrected chi connectivity index (χ4v) is 2.46. The van der Waals surface area contributed by atoms with Gasteiger partial charge in [-0.05, 0) is 22.0 Å². The lowest BCUT2D eigenvalue weighted by Crippen LogP contribution is -2.15. The zero-order valence-electron chi connectivity index (χ0n) is 8.28. The third-order valence-electron chi connectivity index (χ3n) is 1.70. The zero-order chi connectivity index (χ0) is 12.3. The van der Waals surface area contributed by atoms with Gasteiger partial charge in [-0.3, -0.25) is 4.98 Å². The summed E-state index contributed by atoms with van der Waals surface area (Å²) in [5.41, 5.74) is 0. The molecule has 0 aliphatic rings. The molecule has 0 radical (unpaired) electrons. The molecule has 0 saturated carbocycles. The van der Waals surface area contributed by atoms with E-state index >= 15 is 0 Å². The first-order valence-electron chi connectivity index (χ1n) is 4.35. The van der Waals surface area contributed by atoms with Crippen LogP contribution in [0.2, 0.25) is 0 Å². The maximum atomic E-state index is 11.9. The second kappa shape index (κ2) is 4.72. The predicted octanol–water partition coefficient (Wildman–Crippen LogP) is 0.830. The van der Waals surface area contributed by atoms with Crippen molar-refractivity contribution in [1.29, 1.82) is 0 Å². The standard InChI is InChI=1S/C8H6BrN5O2S/c9-6-3-7(5-10-4-6)17(15,16)14-8-11-1-2-12-13-8/h1-5H,(H,11,13,14). The van der Waals surface area contributed by atoms with Crippen molar-refractivity contribution in [3.05, 3.63) is 35.3 Å². The van der Waals surface area contributed by atoms with Gasteiger partial charge in [0, 0.05) is 16.9 Å². The molecule has 7 nitrogen and oxygen atoms in total. The lowest BCUT2D eigenvalue weighted by atomic mass is 10.5. The van der Waals surface area contributed by atoms with Crippen LogP contribution in [0.25, 0.3) is 0 Å². The quantitative estimate of drug-likeness (QED) is 0.901. The Morgan fingerprint density at radius 1 is 1.24 bits per heavy atom. The van der Waals surface area contributed by atoms with Gasteiger partial charge in [0.2, 0.25) is 0 Å². The molecular formula is C8H6BrN5O2S. The Kier molecular flexibility index (Phi) is 3.29. The lowest BCUT2D eigenvalue weighted by Gasteiger charge is -2.05. The van der Waals surface area contributed by atoms with E-state index in [9.17, 15) is 8.42 Å². The van der Waals surface area contributed by atoms with Gasteiger partial charge in [-0.2, -0.15) is 5.10 Å². The van der Waals surface area contributed by atoms with Gasteiger partial charge in [0.05, 0.1) is 12.4 Å². The van der Waals surface area contributed by atoms with Gasteiger partial charge in [0.1, 0.15) is 4.90 Å². The van der Waals surface area contributed by atoms with Gasteiger partial charge in [-0.15, -0.1) is 5.10 Å². The van der Waals surface area contributed by atoms with Gasteiger partial charge in [0.25, 0.3) is 16.0 Å². The number of nitrogens with one attached hydrogen (secondary N) is 1. The third kappa shape index (κ3) is 2.94. The Balaban J connectivity index is 2.32. The summed E-state index contributed by atoms with van der Waals surface area (Å²) in [7, 11) is -3.74. The maximum absolute atomic E-state index is 11.9. The van der Waals surface area contributed by atoms with E-state index in [0.717, 1.165) is 0 Å². The number of anilines is 1. The van der Waals surface area contributed by atoms with Gasteiger partial charge in [-0.25, -0.2) is 18.1 Å². The van der Waals surface area contributed by atoms with Crippen LogP contribution in [0.5, 0.6) is 0 Å². The minimum atomic E-state index is -3.74. The summed E-state index contributed by atoms with van der Waals surface area (Å²) in [4.78, 5) is 7.50. The Hall–Kier alpha value is -1.61. The molecule has 0 unspecified atom stereocenters. The van der Waals surface area contributed by atoms with E-state index in [4.69, 9.17) is 0 Å². The molecule has 0 saturated heterocycles. The molecule has 0 aromatic carbocycles. The SMILES string of the molecule is O=S(=O)(Nc1nccnn1)c1cncc(Br)c1. The summed E-state index contributed by atoms with van der Waals surface area (Å²) in [5.74, 6) is -0.0903. The number of hydrogen-bond donors (Lipinski definition) is 1. The molecule has 2 aromatic heterocycles. The fourth-order valence-electron chi connectivity index (χ4n) is 1.01. The van der Waals surface area contributed by atoms with Crippen LogP contribution in [0.4, 0.5) is 5.95 Å². The van der Waals surface area contributed by atoms with E-state index in [1.807, 2.05) is 0 Å². The molecule has 9 heteroatoms. The van der Waals surface area contributed by atoms with Crippen LogP contribution in [0.15, 0.2) is 40.2 Å². The number of aromatic nitrogens is 4. The Bertz CT molecular complexity index is 619. The zero-order valence-corrected chi connectivity index (χ0v) is 10.7. The molecule has 2 aromatic rings. The molecule has 1 N–H and O–H groups in total. The summed E-state index contributed by atoms with van der Waals surface area (Å²) in [6.45, 7) is 0. The molecular weight excluding hydrogens is 310 g/mol. The van der Waals surface area contributed by atoms with Crippen LogP contribution < -0.4 is 4.72 Å². The van der Waals surface area contributed by atoms with Crippen molar-refractivity contribution in [2.24, 2.45) is 0 Å². The monoisotopic (exact) mass is 315 g/mol. The van der Waals surface area contributed by atoms with E-state index in [1.54, 1.807) is 0 Å². The van der Waals surface area contributed by atoms with Gasteiger partial charge >= 0.3 is 0 Å². The van der Waals surface area contributed by atoms with Crippen LogP contribution >= 0.6 is 15.9 Å². The number of halogens is 1. The van der Waals surface area contributed by atoms with E-state index < -0.39 is 10.0 Å². The van der Waals surface area contributed by atoms with Crippen molar-refractivity contribution < 1.29 is 8.42 Å². The number of sulfonamides is 1. The Morgan fingerprint density at radius 3 is 2.71 bits per heavy atom. The van der Waals surface area contributed by atoms with Gasteiger partial charge in [0.15, 0.2) is 0 Å². The summed E-state index contributed by atoms with van der Waals surface area (Å²) in [5, 5.41) is 7.04. The molecule has 0 fully saturated rings. The van der Waals surface area contributed by atoms with E-state index in [1.165, 1.54) is 30.9 Å². The smallest absolute Gasteiger partial charge is 0.262 e. The minimum Gasteiger partial charge on any atom is -0.262 e. The molecule has 0 spiro atoms. The molecule has 2 heterocycles. The molecule has 0 atom stereocenters. The molecule has 2 rings (SSSR count). The predicted molar refractivity (Wildman–Crippen MR) is 62.6 cm³/mol. The van der Waals surface area contributed by atoms with Gasteiger partial charge < -0.3 is 0 Å². The molecule has 17 heavy (non-hydrogen) atoms. The first-order chi connectivity index (χ1) is 8.08. The van der Waals surface area contributed by atoms with Crippen molar-refractivity contribution in [2.45, 2.75) is 4.90 Å². The van der Waals surface area contributed by atoms with E-state index in [0.29, 0.717) is 4.47 Å². The third-order valence-corrected chi connectivity index (χ3v) is 3.43. The highest BCUT2D eigenvalue weighted by atomic mass is 79.9. The van der Waals surface area contributed by atoms with Crippen molar-refractivity contribution in [2.75, 3.05) is 4.72 Å². The van der Waals surface area contributed by atoms with E-state index in [2.05, 4.69) is 40.8 Å². The average molecular weight is 316 g/mol. The largest absolute Gasteiger partial charge is 0.265 e. The summed E-state index contributed by atoms with van der Waals surface area (Å²) in [6.07, 6.45) is 5.39. The highest BCUT2D eigenvalue weighted by Crippen LogP contribution is 2.15. The molecule has 0 bridgehead atoms. The molecule has 0 amide bonds. The summed E-state index contributed by atoms with van der Waals surface area (Å²) < 4.78 is 26.5. The second-order valence-electron chi connectivity index (χ2n) is 2.91. The number of hydrogen-bond acceptors (Lipinski definition) is 6. The highest BCUT2D eigenvalue weighted by molar-refractivity contribution is 9.10. The minimum absolute atomic E-state index is 0.0133. The Morgan fingerprint density at radius 2 is 2.06 bits per heavy atom. The van der Waals surface area contributed by atoms with Crippen molar-refractivity contribution >= 4 is 31.9 Å². The topological polar surface area (TPSA) is 97.7 Å². The normalized spacial score (nSPS) is 11.1. The number of pyridine rings is 1. The van der Waals surface area contributed by atoms with Crippen LogP contribution in [0, 0.1) is 0 Å². The average Bonchev–Trinajstić information content (AvgIpc) is 2.30. The lowest BCUT2D eigenvalue weighted by molar-refractivity contribution is 0.600. The first kappa shape index (κ1) is 11.9. The number of nitrogens with zero attached hydrogens (tertiary/aromatic N) is 4. The summed E-state index contributed by atoms with van der Waals surface area (Å²) >= 11 is 3.14. The highest BCUT2D eigenvalue weighted by Gasteiger charge is 2.16. The number of rotatable bonds is 3.